The lowest BCUT2D eigenvalue weighted by Gasteiger charge is -2.32. The highest BCUT2D eigenvalue weighted by molar-refractivity contribution is 8.15. The van der Waals surface area contributed by atoms with Crippen LogP contribution in [0, 0.1) is 0 Å². The van der Waals surface area contributed by atoms with Gasteiger partial charge in [-0.2, -0.15) is 0 Å². The van der Waals surface area contributed by atoms with E-state index >= 15 is 0 Å². The van der Waals surface area contributed by atoms with Crippen LogP contribution in [0.1, 0.15) is 18.9 Å². The molecule has 1 fully saturated rings. The lowest BCUT2D eigenvalue weighted by molar-refractivity contribution is -0.129. The predicted octanol–water partition coefficient (Wildman–Crippen LogP) is 5.91. The van der Waals surface area contributed by atoms with Crippen molar-refractivity contribution >= 4 is 51.7 Å². The van der Waals surface area contributed by atoms with Crippen LogP contribution in [0.25, 0.3) is 0 Å². The molecule has 0 aromatic heterocycles. The molecule has 1 aliphatic heterocycles. The molecule has 0 unspecified atom stereocenters. The van der Waals surface area contributed by atoms with Gasteiger partial charge in [-0.05, 0) is 61.0 Å². The van der Waals surface area contributed by atoms with Gasteiger partial charge < -0.3 is 14.8 Å². The third-order valence-corrected chi connectivity index (χ3v) is 6.86. The predicted molar refractivity (Wildman–Crippen MR) is 144 cm³/mol. The first-order valence-corrected chi connectivity index (χ1v) is 12.7. The summed E-state index contributed by atoms with van der Waals surface area (Å²) in [7, 11) is 1.54. The fraction of sp³-hybridized carbons (Fsp3) is 0.222. The van der Waals surface area contributed by atoms with Gasteiger partial charge in [0.1, 0.15) is 16.7 Å². The quantitative estimate of drug-likeness (QED) is 0.397. The number of nitrogens with one attached hydrogen (secondary N) is 1. The summed E-state index contributed by atoms with van der Waals surface area (Å²) in [6.45, 7) is 2.80. The Labute approximate surface area is 219 Å². The minimum absolute atomic E-state index is 0.0432. The topological polar surface area (TPSA) is 80.2 Å². The number of aliphatic imine (C=N–C) groups is 1. The summed E-state index contributed by atoms with van der Waals surface area (Å²) < 4.78 is 10.8. The average molecular weight is 524 g/mol. The Morgan fingerprint density at radius 2 is 1.83 bits per heavy atom. The van der Waals surface area contributed by atoms with Crippen LogP contribution in [0.4, 0.5) is 11.4 Å². The van der Waals surface area contributed by atoms with Crippen molar-refractivity contribution in [2.24, 2.45) is 4.99 Å². The van der Waals surface area contributed by atoms with E-state index in [9.17, 15) is 9.59 Å². The van der Waals surface area contributed by atoms with Crippen LogP contribution in [0.3, 0.4) is 0 Å². The van der Waals surface area contributed by atoms with Crippen molar-refractivity contribution in [1.82, 2.24) is 4.90 Å². The lowest BCUT2D eigenvalue weighted by atomic mass is 10.2. The molecule has 3 aromatic carbocycles. The first-order chi connectivity index (χ1) is 17.5. The van der Waals surface area contributed by atoms with E-state index in [1.807, 2.05) is 55.5 Å². The molecule has 7 nitrogen and oxygen atoms in total. The number of anilines is 1. The molecular formula is C27H26ClN3O4S. The molecule has 2 amide bonds. The highest BCUT2D eigenvalue weighted by Crippen LogP contribution is 2.32. The lowest BCUT2D eigenvalue weighted by Crippen LogP contribution is -2.44. The number of methoxy groups -OCH3 is 1. The molecule has 0 bridgehead atoms. The van der Waals surface area contributed by atoms with Crippen molar-refractivity contribution in [3.05, 3.63) is 83.4 Å². The van der Waals surface area contributed by atoms with Crippen LogP contribution >= 0.6 is 23.4 Å². The maximum atomic E-state index is 13.3. The third kappa shape index (κ3) is 6.38. The van der Waals surface area contributed by atoms with Crippen molar-refractivity contribution in [3.63, 3.8) is 0 Å². The van der Waals surface area contributed by atoms with Gasteiger partial charge in [0.2, 0.25) is 11.8 Å². The van der Waals surface area contributed by atoms with E-state index < -0.39 is 5.25 Å². The second kappa shape index (κ2) is 12.0. The first-order valence-electron chi connectivity index (χ1n) is 11.4. The number of nitrogens with zero attached hydrogens (tertiary/aromatic N) is 2. The molecule has 1 aliphatic rings. The standard InChI is InChI=1S/C27H26ClN3O4S/c1-3-35-21-14-12-20(13-15-21)29-27-31(17-18-8-10-19(28)11-9-18)25(32)16-24(36-27)26(33)30-22-6-4-5-7-23(22)34-2/h4-15,24H,3,16-17H2,1-2H3,(H,30,33)/t24-/m0/s1. The van der Waals surface area contributed by atoms with Gasteiger partial charge in [-0.25, -0.2) is 4.99 Å². The Hall–Kier alpha value is -3.49. The van der Waals surface area contributed by atoms with Crippen LogP contribution in [0.5, 0.6) is 11.5 Å². The number of hydrogen-bond donors (Lipinski definition) is 1. The molecule has 4 rings (SSSR count). The Morgan fingerprint density at radius 1 is 1.11 bits per heavy atom. The van der Waals surface area contributed by atoms with E-state index in [1.165, 1.54) is 11.8 Å². The van der Waals surface area contributed by atoms with Gasteiger partial charge in [0.05, 0.1) is 31.6 Å². The minimum Gasteiger partial charge on any atom is -0.495 e. The average Bonchev–Trinajstić information content (AvgIpc) is 2.88. The Bertz CT molecular complexity index is 1250. The summed E-state index contributed by atoms with van der Waals surface area (Å²) in [4.78, 5) is 32.8. The number of amidine groups is 1. The number of benzene rings is 3. The minimum atomic E-state index is -0.648. The largest absolute Gasteiger partial charge is 0.495 e. The van der Waals surface area contributed by atoms with Crippen molar-refractivity contribution in [2.75, 3.05) is 19.0 Å². The van der Waals surface area contributed by atoms with Crippen molar-refractivity contribution < 1.29 is 19.1 Å². The molecular weight excluding hydrogens is 498 g/mol. The van der Waals surface area contributed by atoms with E-state index in [2.05, 4.69) is 5.32 Å². The maximum absolute atomic E-state index is 13.3. The summed E-state index contributed by atoms with van der Waals surface area (Å²) in [6, 6.07) is 21.8. The molecule has 0 aliphatic carbocycles. The van der Waals surface area contributed by atoms with E-state index in [0.717, 1.165) is 11.3 Å². The van der Waals surface area contributed by atoms with Gasteiger partial charge in [-0.15, -0.1) is 0 Å². The molecule has 1 saturated heterocycles. The molecule has 1 heterocycles. The first kappa shape index (κ1) is 25.6. The van der Waals surface area contributed by atoms with Crippen LogP contribution < -0.4 is 14.8 Å². The monoisotopic (exact) mass is 523 g/mol. The van der Waals surface area contributed by atoms with Gasteiger partial charge in [-0.1, -0.05) is 47.6 Å². The molecule has 1 N–H and O–H groups in total. The molecule has 0 radical (unpaired) electrons. The van der Waals surface area contributed by atoms with E-state index in [-0.39, 0.29) is 18.2 Å². The number of carbonyl (C=O) groups excluding carboxylic acids is 2. The van der Waals surface area contributed by atoms with E-state index in [1.54, 1.807) is 36.3 Å². The van der Waals surface area contributed by atoms with Gasteiger partial charge in [0.25, 0.3) is 0 Å². The highest BCUT2D eigenvalue weighted by atomic mass is 35.5. The van der Waals surface area contributed by atoms with Gasteiger partial charge in [0.15, 0.2) is 5.17 Å². The summed E-state index contributed by atoms with van der Waals surface area (Å²) >= 11 is 7.29. The number of thioether (sulfide) groups is 1. The zero-order valence-corrected chi connectivity index (χ0v) is 21.5. The molecule has 186 valence electrons. The highest BCUT2D eigenvalue weighted by Gasteiger charge is 2.36. The van der Waals surface area contributed by atoms with Gasteiger partial charge in [0, 0.05) is 11.4 Å². The summed E-state index contributed by atoms with van der Waals surface area (Å²) in [6.07, 6.45) is 0.0432. The third-order valence-electron chi connectivity index (χ3n) is 5.42. The number of amides is 2. The molecule has 3 aromatic rings. The van der Waals surface area contributed by atoms with E-state index in [0.29, 0.717) is 40.5 Å². The van der Waals surface area contributed by atoms with Gasteiger partial charge >= 0.3 is 0 Å². The fourth-order valence-corrected chi connectivity index (χ4v) is 4.85. The molecule has 1 atom stereocenters. The Morgan fingerprint density at radius 3 is 2.53 bits per heavy atom. The van der Waals surface area contributed by atoms with Gasteiger partial charge in [-0.3, -0.25) is 14.5 Å². The van der Waals surface area contributed by atoms with Crippen molar-refractivity contribution in [1.29, 1.82) is 0 Å². The summed E-state index contributed by atoms with van der Waals surface area (Å²) in [5.74, 6) is 0.809. The molecule has 0 spiro atoms. The summed E-state index contributed by atoms with van der Waals surface area (Å²) in [5, 5.41) is 3.31. The number of rotatable bonds is 8. The zero-order valence-electron chi connectivity index (χ0n) is 19.9. The van der Waals surface area contributed by atoms with E-state index in [4.69, 9.17) is 26.1 Å². The van der Waals surface area contributed by atoms with Crippen LogP contribution in [0.15, 0.2) is 77.8 Å². The SMILES string of the molecule is CCOc1ccc(N=C2S[C@H](C(=O)Nc3ccccc3OC)CC(=O)N2Cc2ccc(Cl)cc2)cc1. The maximum Gasteiger partial charge on any atom is 0.238 e. The van der Waals surface area contributed by atoms with Crippen molar-refractivity contribution in [2.45, 2.75) is 25.1 Å². The Kier molecular flexibility index (Phi) is 8.51. The zero-order chi connectivity index (χ0) is 25.5. The number of hydrogen-bond acceptors (Lipinski definition) is 6. The molecule has 36 heavy (non-hydrogen) atoms. The normalized spacial score (nSPS) is 16.6. The fourth-order valence-electron chi connectivity index (χ4n) is 3.62. The number of ether oxygens (including phenoxy) is 2. The smallest absolute Gasteiger partial charge is 0.238 e. The van der Waals surface area contributed by atoms with Crippen LogP contribution in [-0.2, 0) is 16.1 Å². The van der Waals surface area contributed by atoms with Crippen LogP contribution in [-0.4, -0.2) is 40.8 Å². The number of carbonyl (C=O) groups is 2. The second-order valence-electron chi connectivity index (χ2n) is 7.93. The molecule has 0 saturated carbocycles. The molecule has 9 heteroatoms. The number of para-hydroxylation sites is 2. The number of halogens is 1. The van der Waals surface area contributed by atoms with Crippen molar-refractivity contribution in [3.8, 4) is 11.5 Å². The Balaban J connectivity index is 1.60. The second-order valence-corrected chi connectivity index (χ2v) is 9.53. The summed E-state index contributed by atoms with van der Waals surface area (Å²) in [5.41, 5.74) is 2.11. The van der Waals surface area contributed by atoms with Crippen LogP contribution in [0.2, 0.25) is 5.02 Å².